The van der Waals surface area contributed by atoms with E-state index in [1.165, 1.54) is 6.07 Å². The number of aromatic nitrogens is 1. The van der Waals surface area contributed by atoms with Crippen molar-refractivity contribution in [2.75, 3.05) is 6.61 Å². The van der Waals surface area contributed by atoms with Crippen LogP contribution in [0.15, 0.2) is 12.1 Å². The molecule has 1 aromatic heterocycles. The van der Waals surface area contributed by atoms with E-state index >= 15 is 0 Å². The van der Waals surface area contributed by atoms with E-state index in [-0.39, 0.29) is 6.10 Å². The summed E-state index contributed by atoms with van der Waals surface area (Å²) in [6.45, 7) is 8.58. The summed E-state index contributed by atoms with van der Waals surface area (Å²) >= 11 is 0. The summed E-state index contributed by atoms with van der Waals surface area (Å²) in [7, 11) is -0.647. The van der Waals surface area contributed by atoms with E-state index in [0.29, 0.717) is 5.59 Å². The summed E-state index contributed by atoms with van der Waals surface area (Å²) in [5.74, 6) is -0.521. The van der Waals surface area contributed by atoms with Gasteiger partial charge in [-0.05, 0) is 58.2 Å². The van der Waals surface area contributed by atoms with E-state index in [1.54, 1.807) is 0 Å². The van der Waals surface area contributed by atoms with Crippen molar-refractivity contribution in [2.24, 2.45) is 0 Å². The monoisotopic (exact) mass is 293 g/mol. The number of hydrogen-bond acceptors (Lipinski definition) is 4. The molecule has 2 aliphatic rings. The second-order valence-electron chi connectivity index (χ2n) is 6.74. The van der Waals surface area contributed by atoms with Crippen molar-refractivity contribution in [1.82, 2.24) is 4.98 Å². The van der Waals surface area contributed by atoms with E-state index in [1.807, 2.05) is 33.8 Å². The Morgan fingerprint density at radius 3 is 2.43 bits per heavy atom. The Balaban J connectivity index is 1.89. The zero-order chi connectivity index (χ0) is 15.3. The molecule has 0 amide bonds. The van der Waals surface area contributed by atoms with E-state index in [2.05, 4.69) is 4.98 Å². The van der Waals surface area contributed by atoms with Crippen molar-refractivity contribution >= 4 is 12.7 Å². The topological polar surface area (TPSA) is 40.6 Å². The van der Waals surface area contributed by atoms with Gasteiger partial charge in [0.05, 0.1) is 22.9 Å². The van der Waals surface area contributed by atoms with Gasteiger partial charge in [0, 0.05) is 6.61 Å². The maximum atomic E-state index is 13.8. The molecule has 1 aromatic rings. The van der Waals surface area contributed by atoms with Gasteiger partial charge in [0.1, 0.15) is 0 Å². The SMILES string of the molecule is CC1(C)OB(c2cc(C3CCCO3)cc(F)n2)OC1(C)C. The van der Waals surface area contributed by atoms with E-state index < -0.39 is 24.3 Å². The van der Waals surface area contributed by atoms with Crippen LogP contribution in [-0.4, -0.2) is 29.9 Å². The zero-order valence-corrected chi connectivity index (χ0v) is 13.0. The Bertz CT molecular complexity index is 528. The van der Waals surface area contributed by atoms with E-state index in [9.17, 15) is 4.39 Å². The maximum Gasteiger partial charge on any atom is 0.514 e. The van der Waals surface area contributed by atoms with E-state index in [0.717, 1.165) is 25.0 Å². The van der Waals surface area contributed by atoms with Gasteiger partial charge >= 0.3 is 7.12 Å². The molecule has 0 saturated carbocycles. The van der Waals surface area contributed by atoms with Crippen molar-refractivity contribution in [3.05, 3.63) is 23.6 Å². The average Bonchev–Trinajstić information content (AvgIpc) is 2.96. The highest BCUT2D eigenvalue weighted by atomic mass is 19.1. The molecule has 0 bridgehead atoms. The van der Waals surface area contributed by atoms with Crippen LogP contribution in [-0.2, 0) is 14.0 Å². The highest BCUT2D eigenvalue weighted by Gasteiger charge is 2.52. The first kappa shape index (κ1) is 14.9. The number of rotatable bonds is 2. The molecule has 114 valence electrons. The Kier molecular flexibility index (Phi) is 3.58. The molecular formula is C15H21BFNO3. The van der Waals surface area contributed by atoms with Crippen molar-refractivity contribution in [3.63, 3.8) is 0 Å². The van der Waals surface area contributed by atoms with Crippen LogP contribution < -0.4 is 5.59 Å². The molecule has 3 rings (SSSR count). The summed E-state index contributed by atoms with van der Waals surface area (Å²) in [4.78, 5) is 3.95. The number of hydrogen-bond donors (Lipinski definition) is 0. The minimum Gasteiger partial charge on any atom is -0.398 e. The smallest absolute Gasteiger partial charge is 0.398 e. The fraction of sp³-hybridized carbons (Fsp3) is 0.667. The van der Waals surface area contributed by atoms with Crippen LogP contribution in [0.4, 0.5) is 4.39 Å². The molecule has 2 saturated heterocycles. The third-order valence-corrected chi connectivity index (χ3v) is 4.63. The minimum absolute atomic E-state index is 0.0522. The Morgan fingerprint density at radius 1 is 1.19 bits per heavy atom. The lowest BCUT2D eigenvalue weighted by atomic mass is 9.83. The number of pyridine rings is 1. The number of ether oxygens (including phenoxy) is 1. The van der Waals surface area contributed by atoms with Crippen LogP contribution in [0.3, 0.4) is 0 Å². The number of halogens is 1. The van der Waals surface area contributed by atoms with Gasteiger partial charge in [-0.25, -0.2) is 4.98 Å². The zero-order valence-electron chi connectivity index (χ0n) is 13.0. The summed E-state index contributed by atoms with van der Waals surface area (Å²) < 4.78 is 31.3. The van der Waals surface area contributed by atoms with Crippen LogP contribution in [0.1, 0.15) is 52.2 Å². The molecule has 0 aromatic carbocycles. The van der Waals surface area contributed by atoms with Gasteiger partial charge in [-0.15, -0.1) is 0 Å². The molecular weight excluding hydrogens is 272 g/mol. The molecule has 1 unspecified atom stereocenters. The molecule has 21 heavy (non-hydrogen) atoms. The Morgan fingerprint density at radius 2 is 1.86 bits per heavy atom. The molecule has 0 aliphatic carbocycles. The standard InChI is InChI=1S/C15H21BFNO3/c1-14(2)15(3,4)21-16(20-14)12-8-10(9-13(17)18-12)11-6-5-7-19-11/h8-9,11H,5-7H2,1-4H3. The largest absolute Gasteiger partial charge is 0.514 e. The second-order valence-corrected chi connectivity index (χ2v) is 6.74. The maximum absolute atomic E-state index is 13.8. The van der Waals surface area contributed by atoms with Gasteiger partial charge in [-0.3, -0.25) is 0 Å². The third kappa shape index (κ3) is 2.72. The van der Waals surface area contributed by atoms with Crippen LogP contribution in [0, 0.1) is 5.95 Å². The highest BCUT2D eigenvalue weighted by Crippen LogP contribution is 2.36. The Hall–Kier alpha value is -0.975. The lowest BCUT2D eigenvalue weighted by molar-refractivity contribution is 0.00578. The molecule has 0 radical (unpaired) electrons. The average molecular weight is 293 g/mol. The quantitative estimate of drug-likeness (QED) is 0.620. The van der Waals surface area contributed by atoms with Crippen molar-refractivity contribution < 1.29 is 18.4 Å². The summed E-state index contributed by atoms with van der Waals surface area (Å²) in [5, 5.41) is 0. The van der Waals surface area contributed by atoms with Gasteiger partial charge in [0.25, 0.3) is 0 Å². The molecule has 3 heterocycles. The molecule has 0 N–H and O–H groups in total. The van der Waals surface area contributed by atoms with Crippen molar-refractivity contribution in [2.45, 2.75) is 57.8 Å². The Labute approximate surface area is 125 Å². The van der Waals surface area contributed by atoms with Crippen LogP contribution in [0.2, 0.25) is 0 Å². The highest BCUT2D eigenvalue weighted by molar-refractivity contribution is 6.61. The summed E-state index contributed by atoms with van der Waals surface area (Å²) in [5.41, 5.74) is 0.356. The van der Waals surface area contributed by atoms with E-state index in [4.69, 9.17) is 14.0 Å². The van der Waals surface area contributed by atoms with Crippen LogP contribution >= 0.6 is 0 Å². The first-order valence-electron chi connectivity index (χ1n) is 7.43. The first-order chi connectivity index (χ1) is 9.78. The fourth-order valence-corrected chi connectivity index (χ4v) is 2.65. The van der Waals surface area contributed by atoms with Crippen LogP contribution in [0.25, 0.3) is 0 Å². The number of nitrogens with zero attached hydrogens (tertiary/aromatic N) is 1. The van der Waals surface area contributed by atoms with Crippen molar-refractivity contribution in [3.8, 4) is 0 Å². The third-order valence-electron chi connectivity index (χ3n) is 4.63. The van der Waals surface area contributed by atoms with Gasteiger partial charge in [0.15, 0.2) is 0 Å². The van der Waals surface area contributed by atoms with Crippen molar-refractivity contribution in [1.29, 1.82) is 0 Å². The van der Waals surface area contributed by atoms with Gasteiger partial charge in [0.2, 0.25) is 5.95 Å². The lowest BCUT2D eigenvalue weighted by Gasteiger charge is -2.32. The fourth-order valence-electron chi connectivity index (χ4n) is 2.65. The summed E-state index contributed by atoms with van der Waals surface area (Å²) in [6, 6.07) is 3.27. The molecule has 0 spiro atoms. The normalized spacial score (nSPS) is 27.3. The summed E-state index contributed by atoms with van der Waals surface area (Å²) in [6.07, 6.45) is 1.86. The van der Waals surface area contributed by atoms with Gasteiger partial charge in [-0.2, -0.15) is 4.39 Å². The molecule has 2 aliphatic heterocycles. The molecule has 2 fully saturated rings. The molecule has 1 atom stereocenters. The minimum atomic E-state index is -0.647. The van der Waals surface area contributed by atoms with Gasteiger partial charge < -0.3 is 14.0 Å². The first-order valence-corrected chi connectivity index (χ1v) is 7.43. The lowest BCUT2D eigenvalue weighted by Crippen LogP contribution is -2.41. The van der Waals surface area contributed by atoms with Crippen LogP contribution in [0.5, 0.6) is 0 Å². The predicted octanol–water partition coefficient (Wildman–Crippen LogP) is 2.37. The second kappa shape index (κ2) is 5.04. The van der Waals surface area contributed by atoms with Gasteiger partial charge in [-0.1, -0.05) is 0 Å². The molecule has 6 heteroatoms. The predicted molar refractivity (Wildman–Crippen MR) is 77.8 cm³/mol. The molecule has 4 nitrogen and oxygen atoms in total.